The number of hydrogen-bond acceptors (Lipinski definition) is 3. The van der Waals surface area contributed by atoms with Crippen molar-refractivity contribution < 1.29 is 9.84 Å². The Morgan fingerprint density at radius 1 is 1.17 bits per heavy atom. The molecule has 1 fully saturated rings. The van der Waals surface area contributed by atoms with Crippen LogP contribution >= 0.6 is 0 Å². The molecule has 0 aromatic carbocycles. The summed E-state index contributed by atoms with van der Waals surface area (Å²) in [5.74, 6) is 0.608. The molecule has 0 aliphatic heterocycles. The average molecular weight is 257 g/mol. The lowest BCUT2D eigenvalue weighted by Gasteiger charge is -2.31. The van der Waals surface area contributed by atoms with Crippen LogP contribution in [0.2, 0.25) is 0 Å². The molecule has 0 radical (unpaired) electrons. The summed E-state index contributed by atoms with van der Waals surface area (Å²) in [6, 6.07) is 0. The minimum absolute atomic E-state index is 0.178. The van der Waals surface area contributed by atoms with Gasteiger partial charge in [0.15, 0.2) is 0 Å². The first kappa shape index (κ1) is 15.9. The van der Waals surface area contributed by atoms with Crippen molar-refractivity contribution in [1.29, 1.82) is 0 Å². The molecule has 1 unspecified atom stereocenters. The molecular weight excluding hydrogens is 226 g/mol. The minimum Gasteiger partial charge on any atom is -0.394 e. The monoisotopic (exact) mass is 257 g/mol. The molecular formula is C15H31NO2. The summed E-state index contributed by atoms with van der Waals surface area (Å²) < 4.78 is 5.77. The highest BCUT2D eigenvalue weighted by Crippen LogP contribution is 2.39. The van der Waals surface area contributed by atoms with Crippen LogP contribution in [-0.2, 0) is 4.74 Å². The quantitative estimate of drug-likeness (QED) is 0.528. The van der Waals surface area contributed by atoms with Crippen LogP contribution in [0.1, 0.15) is 58.3 Å². The molecule has 3 nitrogen and oxygen atoms in total. The van der Waals surface area contributed by atoms with Crippen molar-refractivity contribution in [2.45, 2.75) is 63.8 Å². The lowest BCUT2D eigenvalue weighted by Crippen LogP contribution is -2.52. The summed E-state index contributed by atoms with van der Waals surface area (Å²) in [7, 11) is 1.93. The number of aliphatic hydroxyl groups excluding tert-OH is 1. The van der Waals surface area contributed by atoms with Gasteiger partial charge in [-0.15, -0.1) is 0 Å². The van der Waals surface area contributed by atoms with Gasteiger partial charge in [0.25, 0.3) is 0 Å². The Labute approximate surface area is 112 Å². The molecule has 3 heteroatoms. The van der Waals surface area contributed by atoms with E-state index in [0.717, 1.165) is 13.0 Å². The third-order valence-corrected chi connectivity index (χ3v) is 4.14. The molecule has 0 bridgehead atoms. The summed E-state index contributed by atoms with van der Waals surface area (Å²) in [6.07, 6.45) is 10.2. The van der Waals surface area contributed by atoms with Crippen molar-refractivity contribution in [3.8, 4) is 0 Å². The molecule has 1 aliphatic carbocycles. The second kappa shape index (κ2) is 8.89. The standard InChI is InChI=1S/C15H31NO2/c1-3-4-5-6-7-8-11-18-13-15(12-17,16-2)14-9-10-14/h14,16-17H,3-13H2,1-2H3. The predicted octanol–water partition coefficient (Wildman–Crippen LogP) is 2.72. The topological polar surface area (TPSA) is 41.5 Å². The highest BCUT2D eigenvalue weighted by Gasteiger charge is 2.43. The zero-order valence-corrected chi connectivity index (χ0v) is 12.2. The zero-order chi connectivity index (χ0) is 13.3. The van der Waals surface area contributed by atoms with Crippen LogP contribution in [0.4, 0.5) is 0 Å². The van der Waals surface area contributed by atoms with E-state index in [9.17, 15) is 5.11 Å². The molecule has 1 aliphatic rings. The summed E-state index contributed by atoms with van der Waals surface area (Å²) >= 11 is 0. The van der Waals surface area contributed by atoms with Crippen LogP contribution in [0.15, 0.2) is 0 Å². The second-order valence-electron chi connectivity index (χ2n) is 5.66. The Balaban J connectivity index is 2.01. The molecule has 108 valence electrons. The van der Waals surface area contributed by atoms with Gasteiger partial charge < -0.3 is 15.2 Å². The van der Waals surface area contributed by atoms with Gasteiger partial charge in [-0.3, -0.25) is 0 Å². The predicted molar refractivity (Wildman–Crippen MR) is 75.8 cm³/mol. The van der Waals surface area contributed by atoms with Crippen LogP contribution in [0.25, 0.3) is 0 Å². The molecule has 0 saturated heterocycles. The van der Waals surface area contributed by atoms with Gasteiger partial charge in [0, 0.05) is 6.61 Å². The van der Waals surface area contributed by atoms with Gasteiger partial charge in [0.05, 0.1) is 18.8 Å². The van der Waals surface area contributed by atoms with Crippen LogP contribution in [0.5, 0.6) is 0 Å². The molecule has 1 rings (SSSR count). The Kier molecular flexibility index (Phi) is 7.87. The number of hydrogen-bond donors (Lipinski definition) is 2. The van der Waals surface area contributed by atoms with Gasteiger partial charge in [-0.2, -0.15) is 0 Å². The van der Waals surface area contributed by atoms with Crippen molar-refractivity contribution in [3.63, 3.8) is 0 Å². The van der Waals surface area contributed by atoms with Gasteiger partial charge in [0.1, 0.15) is 0 Å². The SMILES string of the molecule is CCCCCCCCOCC(CO)(NC)C1CC1. The largest absolute Gasteiger partial charge is 0.394 e. The molecule has 0 spiro atoms. The van der Waals surface area contributed by atoms with Gasteiger partial charge in [-0.1, -0.05) is 39.0 Å². The van der Waals surface area contributed by atoms with Crippen molar-refractivity contribution >= 4 is 0 Å². The van der Waals surface area contributed by atoms with E-state index in [-0.39, 0.29) is 12.1 Å². The summed E-state index contributed by atoms with van der Waals surface area (Å²) in [5, 5.41) is 12.8. The van der Waals surface area contributed by atoms with Crippen molar-refractivity contribution in [2.75, 3.05) is 26.9 Å². The van der Waals surface area contributed by atoms with Crippen molar-refractivity contribution in [3.05, 3.63) is 0 Å². The molecule has 0 heterocycles. The molecule has 0 aromatic rings. The van der Waals surface area contributed by atoms with Gasteiger partial charge in [0.2, 0.25) is 0 Å². The summed E-state index contributed by atoms with van der Waals surface area (Å²) in [6.45, 7) is 3.92. The Morgan fingerprint density at radius 3 is 2.39 bits per heavy atom. The van der Waals surface area contributed by atoms with Crippen molar-refractivity contribution in [1.82, 2.24) is 5.32 Å². The first-order valence-electron chi connectivity index (χ1n) is 7.66. The van der Waals surface area contributed by atoms with E-state index in [1.165, 1.54) is 44.9 Å². The van der Waals surface area contributed by atoms with E-state index < -0.39 is 0 Å². The number of aliphatic hydroxyl groups is 1. The third-order valence-electron chi connectivity index (χ3n) is 4.14. The second-order valence-corrected chi connectivity index (χ2v) is 5.66. The zero-order valence-electron chi connectivity index (χ0n) is 12.2. The highest BCUT2D eigenvalue weighted by molar-refractivity contribution is 5.00. The van der Waals surface area contributed by atoms with E-state index in [2.05, 4.69) is 12.2 Å². The highest BCUT2D eigenvalue weighted by atomic mass is 16.5. The fourth-order valence-corrected chi connectivity index (χ4v) is 2.52. The summed E-state index contributed by atoms with van der Waals surface area (Å²) in [4.78, 5) is 0. The first-order chi connectivity index (χ1) is 8.79. The molecule has 18 heavy (non-hydrogen) atoms. The maximum atomic E-state index is 9.54. The minimum atomic E-state index is -0.178. The first-order valence-corrected chi connectivity index (χ1v) is 7.66. The van der Waals surface area contributed by atoms with E-state index in [4.69, 9.17) is 4.74 Å². The Hall–Kier alpha value is -0.120. The van der Waals surface area contributed by atoms with Crippen molar-refractivity contribution in [2.24, 2.45) is 5.92 Å². The fourth-order valence-electron chi connectivity index (χ4n) is 2.52. The molecule has 2 N–H and O–H groups in total. The smallest absolute Gasteiger partial charge is 0.0676 e. The maximum Gasteiger partial charge on any atom is 0.0676 e. The van der Waals surface area contributed by atoms with Crippen LogP contribution < -0.4 is 5.32 Å². The van der Waals surface area contributed by atoms with Gasteiger partial charge in [-0.05, 0) is 32.2 Å². The van der Waals surface area contributed by atoms with E-state index >= 15 is 0 Å². The van der Waals surface area contributed by atoms with Crippen LogP contribution in [0, 0.1) is 5.92 Å². The average Bonchev–Trinajstić information content (AvgIpc) is 3.23. The molecule has 0 aromatic heterocycles. The molecule has 1 saturated carbocycles. The summed E-state index contributed by atoms with van der Waals surface area (Å²) in [5.41, 5.74) is -0.178. The molecule has 0 amide bonds. The third kappa shape index (κ3) is 5.25. The number of unbranched alkanes of at least 4 members (excludes halogenated alkanes) is 5. The Bertz CT molecular complexity index is 201. The van der Waals surface area contributed by atoms with Gasteiger partial charge in [-0.25, -0.2) is 0 Å². The number of nitrogens with one attached hydrogen (secondary N) is 1. The normalized spacial score (nSPS) is 18.8. The van der Waals surface area contributed by atoms with E-state index in [1.807, 2.05) is 7.05 Å². The molecule has 1 atom stereocenters. The van der Waals surface area contributed by atoms with Gasteiger partial charge >= 0.3 is 0 Å². The van der Waals surface area contributed by atoms with E-state index in [0.29, 0.717) is 12.5 Å². The van der Waals surface area contributed by atoms with E-state index in [1.54, 1.807) is 0 Å². The van der Waals surface area contributed by atoms with Crippen LogP contribution in [0.3, 0.4) is 0 Å². The van der Waals surface area contributed by atoms with Crippen LogP contribution in [-0.4, -0.2) is 37.5 Å². The fraction of sp³-hybridized carbons (Fsp3) is 1.00. The lowest BCUT2D eigenvalue weighted by atomic mass is 9.95. The maximum absolute atomic E-state index is 9.54. The number of ether oxygens (including phenoxy) is 1. The number of likely N-dealkylation sites (N-methyl/N-ethyl adjacent to an activating group) is 1. The Morgan fingerprint density at radius 2 is 1.83 bits per heavy atom. The lowest BCUT2D eigenvalue weighted by molar-refractivity contribution is 0.0263. The number of rotatable bonds is 12.